The van der Waals surface area contributed by atoms with Crippen LogP contribution >= 0.6 is 35.3 Å². The molecule has 4 rings (SSSR count). The molecule has 0 atom stereocenters. The lowest BCUT2D eigenvalue weighted by Gasteiger charge is -2.31. The van der Waals surface area contributed by atoms with E-state index in [4.69, 9.17) is 4.98 Å². The molecule has 31 heavy (non-hydrogen) atoms. The molecular formula is C21H31IN8S. The normalized spacial score (nSPS) is 15.7. The molecule has 0 saturated carbocycles. The predicted octanol–water partition coefficient (Wildman–Crippen LogP) is 2.94. The first kappa shape index (κ1) is 23.9. The molecule has 0 aromatic carbocycles. The van der Waals surface area contributed by atoms with E-state index in [2.05, 4.69) is 43.0 Å². The number of hydrogen-bond donors (Lipinski definition) is 2. The van der Waals surface area contributed by atoms with Crippen molar-refractivity contribution in [1.29, 1.82) is 0 Å². The molecule has 3 aromatic rings. The smallest absolute Gasteiger partial charge is 0.191 e. The highest BCUT2D eigenvalue weighted by Crippen LogP contribution is 2.19. The Morgan fingerprint density at radius 1 is 1.23 bits per heavy atom. The minimum Gasteiger partial charge on any atom is -0.356 e. The van der Waals surface area contributed by atoms with Crippen LogP contribution in [-0.2, 0) is 19.5 Å². The van der Waals surface area contributed by atoms with Gasteiger partial charge in [-0.05, 0) is 50.4 Å². The molecule has 0 amide bonds. The third-order valence-corrected chi connectivity index (χ3v) is 6.62. The molecule has 3 aromatic heterocycles. The molecule has 8 nitrogen and oxygen atoms in total. The van der Waals surface area contributed by atoms with E-state index in [9.17, 15) is 0 Å². The van der Waals surface area contributed by atoms with E-state index in [1.165, 1.54) is 23.5 Å². The van der Waals surface area contributed by atoms with Crippen molar-refractivity contribution in [2.75, 3.05) is 26.7 Å². The van der Waals surface area contributed by atoms with Crippen LogP contribution in [-0.4, -0.2) is 57.1 Å². The Kier molecular flexibility index (Phi) is 9.02. The molecule has 1 aliphatic rings. The van der Waals surface area contributed by atoms with E-state index in [1.54, 1.807) is 18.4 Å². The maximum atomic E-state index is 4.70. The SMILES string of the molecule is CCc1nc(CN2CCC(CNC(=NC)NCc3nnc4ccccn34)CC2)cs1.I. The molecule has 1 fully saturated rings. The van der Waals surface area contributed by atoms with E-state index in [0.29, 0.717) is 12.5 Å². The van der Waals surface area contributed by atoms with Crippen LogP contribution in [0.3, 0.4) is 0 Å². The van der Waals surface area contributed by atoms with Crippen LogP contribution in [0.4, 0.5) is 0 Å². The second kappa shape index (κ2) is 11.7. The molecule has 168 valence electrons. The predicted molar refractivity (Wildman–Crippen MR) is 136 cm³/mol. The highest BCUT2D eigenvalue weighted by molar-refractivity contribution is 14.0. The number of aromatic nitrogens is 4. The molecule has 1 aliphatic heterocycles. The summed E-state index contributed by atoms with van der Waals surface area (Å²) in [4.78, 5) is 11.6. The Morgan fingerprint density at radius 2 is 2.06 bits per heavy atom. The number of nitrogens with zero attached hydrogens (tertiary/aromatic N) is 6. The number of halogens is 1. The highest BCUT2D eigenvalue weighted by atomic mass is 127. The third-order valence-electron chi connectivity index (χ3n) is 5.57. The zero-order valence-corrected chi connectivity index (χ0v) is 21.3. The summed E-state index contributed by atoms with van der Waals surface area (Å²) in [5, 5.41) is 18.7. The lowest BCUT2D eigenvalue weighted by Crippen LogP contribution is -2.42. The second-order valence-electron chi connectivity index (χ2n) is 7.66. The molecule has 0 bridgehead atoms. The van der Waals surface area contributed by atoms with Crippen LogP contribution in [0.5, 0.6) is 0 Å². The summed E-state index contributed by atoms with van der Waals surface area (Å²) in [7, 11) is 1.80. The van der Waals surface area contributed by atoms with Crippen LogP contribution in [0.15, 0.2) is 34.8 Å². The molecule has 0 unspecified atom stereocenters. The molecule has 1 saturated heterocycles. The van der Waals surface area contributed by atoms with Crippen molar-refractivity contribution >= 4 is 46.9 Å². The fourth-order valence-electron chi connectivity index (χ4n) is 3.80. The molecule has 0 spiro atoms. The summed E-state index contributed by atoms with van der Waals surface area (Å²) in [6, 6.07) is 5.90. The van der Waals surface area contributed by atoms with Gasteiger partial charge in [0.25, 0.3) is 0 Å². The molecule has 0 aliphatic carbocycles. The van der Waals surface area contributed by atoms with Crippen LogP contribution < -0.4 is 10.6 Å². The minimum absolute atomic E-state index is 0. The Morgan fingerprint density at radius 3 is 2.81 bits per heavy atom. The van der Waals surface area contributed by atoms with Gasteiger partial charge >= 0.3 is 0 Å². The summed E-state index contributed by atoms with van der Waals surface area (Å²) in [5.74, 6) is 2.34. The lowest BCUT2D eigenvalue weighted by molar-refractivity contribution is 0.176. The largest absolute Gasteiger partial charge is 0.356 e. The number of thiazole rings is 1. The minimum atomic E-state index is 0. The quantitative estimate of drug-likeness (QED) is 0.266. The van der Waals surface area contributed by atoms with Crippen molar-refractivity contribution in [2.45, 2.75) is 39.3 Å². The molecule has 0 radical (unpaired) electrons. The van der Waals surface area contributed by atoms with E-state index < -0.39 is 0 Å². The Labute approximate surface area is 204 Å². The number of pyridine rings is 1. The Hall–Kier alpha value is -1.79. The number of hydrogen-bond acceptors (Lipinski definition) is 6. The van der Waals surface area contributed by atoms with Gasteiger partial charge < -0.3 is 10.6 Å². The van der Waals surface area contributed by atoms with Gasteiger partial charge in [-0.25, -0.2) is 4.98 Å². The van der Waals surface area contributed by atoms with Crippen LogP contribution in [0.25, 0.3) is 5.65 Å². The number of aryl methyl sites for hydroxylation is 1. The first-order valence-electron chi connectivity index (χ1n) is 10.6. The van der Waals surface area contributed by atoms with Gasteiger partial charge in [-0.3, -0.25) is 14.3 Å². The summed E-state index contributed by atoms with van der Waals surface area (Å²) in [6.45, 7) is 6.91. The zero-order chi connectivity index (χ0) is 20.8. The highest BCUT2D eigenvalue weighted by Gasteiger charge is 2.20. The molecule has 2 N–H and O–H groups in total. The lowest BCUT2D eigenvalue weighted by atomic mass is 9.97. The van der Waals surface area contributed by atoms with E-state index >= 15 is 0 Å². The van der Waals surface area contributed by atoms with Crippen LogP contribution in [0.2, 0.25) is 0 Å². The second-order valence-corrected chi connectivity index (χ2v) is 8.60. The number of rotatable bonds is 7. The van der Waals surface area contributed by atoms with Gasteiger partial charge in [0.1, 0.15) is 0 Å². The number of likely N-dealkylation sites (tertiary alicyclic amines) is 1. The number of fused-ring (bicyclic) bond motifs is 1. The average molecular weight is 555 g/mol. The van der Waals surface area contributed by atoms with Crippen LogP contribution in [0.1, 0.15) is 36.3 Å². The number of aliphatic imine (C=N–C) groups is 1. The Bertz CT molecular complexity index is 977. The van der Waals surface area contributed by atoms with Gasteiger partial charge in [-0.2, -0.15) is 0 Å². The fourth-order valence-corrected chi connectivity index (χ4v) is 4.53. The van der Waals surface area contributed by atoms with Gasteiger partial charge in [0.05, 0.1) is 17.2 Å². The average Bonchev–Trinajstić information content (AvgIpc) is 3.42. The maximum absolute atomic E-state index is 4.70. The standard InChI is InChI=1S/C21H30N8S.HI/c1-3-20-25-17(15-30-20)14-28-10-7-16(8-11-28)12-23-21(22-2)24-13-19-27-26-18-6-4-5-9-29(18)19;/h4-6,9,15-16H,3,7-8,10-14H2,1-2H3,(H2,22,23,24);1H. The summed E-state index contributed by atoms with van der Waals surface area (Å²) in [6.07, 6.45) is 5.40. The third kappa shape index (κ3) is 6.36. The van der Waals surface area contributed by atoms with E-state index in [1.807, 2.05) is 28.8 Å². The summed E-state index contributed by atoms with van der Waals surface area (Å²) in [5.41, 5.74) is 2.08. The van der Waals surface area contributed by atoms with Gasteiger partial charge in [0, 0.05) is 31.7 Å². The topological polar surface area (TPSA) is 82.7 Å². The van der Waals surface area contributed by atoms with E-state index in [0.717, 1.165) is 50.0 Å². The number of piperidine rings is 1. The van der Waals surface area contributed by atoms with E-state index in [-0.39, 0.29) is 24.0 Å². The van der Waals surface area contributed by atoms with Crippen molar-refractivity contribution in [3.8, 4) is 0 Å². The fraction of sp³-hybridized carbons (Fsp3) is 0.524. The summed E-state index contributed by atoms with van der Waals surface area (Å²) < 4.78 is 1.99. The number of nitrogens with one attached hydrogen (secondary N) is 2. The van der Waals surface area contributed by atoms with Crippen molar-refractivity contribution in [1.82, 2.24) is 35.1 Å². The molecule has 10 heteroatoms. The number of guanidine groups is 1. The monoisotopic (exact) mass is 554 g/mol. The maximum Gasteiger partial charge on any atom is 0.191 e. The first-order valence-corrected chi connectivity index (χ1v) is 11.5. The van der Waals surface area contributed by atoms with Crippen molar-refractivity contribution in [3.05, 3.63) is 46.3 Å². The summed E-state index contributed by atoms with van der Waals surface area (Å²) >= 11 is 1.78. The van der Waals surface area contributed by atoms with Crippen LogP contribution in [0, 0.1) is 5.92 Å². The zero-order valence-electron chi connectivity index (χ0n) is 18.1. The molecular weight excluding hydrogens is 523 g/mol. The van der Waals surface area contributed by atoms with Gasteiger partial charge in [0.15, 0.2) is 17.4 Å². The van der Waals surface area contributed by atoms with Crippen molar-refractivity contribution < 1.29 is 0 Å². The van der Waals surface area contributed by atoms with Crippen molar-refractivity contribution in [3.63, 3.8) is 0 Å². The molecule has 4 heterocycles. The van der Waals surface area contributed by atoms with Gasteiger partial charge in [-0.1, -0.05) is 13.0 Å². The van der Waals surface area contributed by atoms with Crippen molar-refractivity contribution in [2.24, 2.45) is 10.9 Å². The van der Waals surface area contributed by atoms with Gasteiger partial charge in [-0.15, -0.1) is 45.5 Å². The first-order chi connectivity index (χ1) is 14.7. The Balaban J connectivity index is 0.00000272. The van der Waals surface area contributed by atoms with Gasteiger partial charge in [0.2, 0.25) is 0 Å².